The lowest BCUT2D eigenvalue weighted by Gasteiger charge is -2.19. The van der Waals surface area contributed by atoms with E-state index in [1.165, 1.54) is 24.8 Å². The van der Waals surface area contributed by atoms with E-state index in [-0.39, 0.29) is 0 Å². The van der Waals surface area contributed by atoms with Crippen LogP contribution in [-0.4, -0.2) is 12.6 Å². The van der Waals surface area contributed by atoms with Gasteiger partial charge in [0.15, 0.2) is 0 Å². The zero-order valence-corrected chi connectivity index (χ0v) is 11.6. The summed E-state index contributed by atoms with van der Waals surface area (Å²) in [4.78, 5) is 0. The molecule has 1 N–H and O–H groups in total. The molecule has 0 saturated heterocycles. The first-order valence-corrected chi connectivity index (χ1v) is 6.99. The third kappa shape index (κ3) is 6.48. The molecule has 0 spiro atoms. The summed E-state index contributed by atoms with van der Waals surface area (Å²) in [6.07, 6.45) is 4.97. The lowest BCUT2D eigenvalue weighted by atomic mass is 9.98. The molecule has 1 aromatic carbocycles. The Balaban J connectivity index is 2.44. The van der Waals surface area contributed by atoms with Crippen molar-refractivity contribution in [3.8, 4) is 0 Å². The number of rotatable bonds is 8. The van der Waals surface area contributed by atoms with Crippen LogP contribution in [0.25, 0.3) is 0 Å². The molecule has 0 aliphatic heterocycles. The summed E-state index contributed by atoms with van der Waals surface area (Å²) < 4.78 is 0. The van der Waals surface area contributed by atoms with Crippen molar-refractivity contribution in [3.05, 3.63) is 35.9 Å². The average Bonchev–Trinajstić information content (AvgIpc) is 2.34. The zero-order valence-electron chi connectivity index (χ0n) is 11.6. The van der Waals surface area contributed by atoms with E-state index in [0.29, 0.717) is 6.04 Å². The van der Waals surface area contributed by atoms with Gasteiger partial charge in [-0.1, -0.05) is 51.1 Å². The van der Waals surface area contributed by atoms with E-state index >= 15 is 0 Å². The summed E-state index contributed by atoms with van der Waals surface area (Å²) in [5.41, 5.74) is 1.45. The number of benzene rings is 1. The summed E-state index contributed by atoms with van der Waals surface area (Å²) in [6, 6.07) is 11.5. The van der Waals surface area contributed by atoms with Crippen molar-refractivity contribution in [1.29, 1.82) is 0 Å². The van der Waals surface area contributed by atoms with E-state index in [1.54, 1.807) is 0 Å². The Kier molecular flexibility index (Phi) is 6.95. The Morgan fingerprint density at radius 1 is 1.06 bits per heavy atom. The Labute approximate surface area is 107 Å². The molecule has 96 valence electrons. The van der Waals surface area contributed by atoms with Crippen molar-refractivity contribution in [1.82, 2.24) is 5.32 Å². The normalized spacial score (nSPS) is 12.9. The highest BCUT2D eigenvalue weighted by Crippen LogP contribution is 2.11. The minimum Gasteiger partial charge on any atom is -0.314 e. The van der Waals surface area contributed by atoms with Crippen LogP contribution in [0.3, 0.4) is 0 Å². The van der Waals surface area contributed by atoms with Gasteiger partial charge >= 0.3 is 0 Å². The molecular weight excluding hydrogens is 206 g/mol. The predicted octanol–water partition coefficient (Wildman–Crippen LogP) is 4.03. The van der Waals surface area contributed by atoms with Crippen molar-refractivity contribution < 1.29 is 0 Å². The molecule has 0 aromatic heterocycles. The first-order valence-electron chi connectivity index (χ1n) is 6.99. The summed E-state index contributed by atoms with van der Waals surface area (Å²) in [5.74, 6) is 0.802. The van der Waals surface area contributed by atoms with Gasteiger partial charge in [0.1, 0.15) is 0 Å². The molecule has 1 heteroatoms. The van der Waals surface area contributed by atoms with E-state index < -0.39 is 0 Å². The topological polar surface area (TPSA) is 12.0 Å². The molecule has 1 nitrogen and oxygen atoms in total. The summed E-state index contributed by atoms with van der Waals surface area (Å²) >= 11 is 0. The van der Waals surface area contributed by atoms with Gasteiger partial charge in [-0.2, -0.15) is 0 Å². The third-order valence-electron chi connectivity index (χ3n) is 3.10. The monoisotopic (exact) mass is 233 g/mol. The van der Waals surface area contributed by atoms with Crippen LogP contribution in [0, 0.1) is 5.92 Å². The van der Waals surface area contributed by atoms with Crippen molar-refractivity contribution >= 4 is 0 Å². The lowest BCUT2D eigenvalue weighted by Crippen LogP contribution is -2.32. The maximum atomic E-state index is 3.67. The lowest BCUT2D eigenvalue weighted by molar-refractivity contribution is 0.427. The Bertz CT molecular complexity index is 279. The molecule has 0 bridgehead atoms. The second-order valence-electron chi connectivity index (χ2n) is 5.31. The maximum absolute atomic E-state index is 3.67. The Hall–Kier alpha value is -0.820. The molecule has 1 aromatic rings. The van der Waals surface area contributed by atoms with Gasteiger partial charge in [-0.25, -0.2) is 0 Å². The van der Waals surface area contributed by atoms with E-state index in [1.807, 2.05) is 0 Å². The highest BCUT2D eigenvalue weighted by molar-refractivity contribution is 5.15. The van der Waals surface area contributed by atoms with Crippen molar-refractivity contribution in [2.45, 2.75) is 52.5 Å². The van der Waals surface area contributed by atoms with Gasteiger partial charge in [0.25, 0.3) is 0 Å². The molecule has 1 rings (SSSR count). The quantitative estimate of drug-likeness (QED) is 0.714. The van der Waals surface area contributed by atoms with Crippen LogP contribution in [0.5, 0.6) is 0 Å². The minimum absolute atomic E-state index is 0.639. The van der Waals surface area contributed by atoms with E-state index in [2.05, 4.69) is 56.4 Å². The first kappa shape index (κ1) is 14.2. The van der Waals surface area contributed by atoms with Crippen LogP contribution in [0.4, 0.5) is 0 Å². The van der Waals surface area contributed by atoms with Crippen LogP contribution in [0.2, 0.25) is 0 Å². The molecule has 17 heavy (non-hydrogen) atoms. The zero-order chi connectivity index (χ0) is 12.5. The van der Waals surface area contributed by atoms with E-state index in [9.17, 15) is 0 Å². The van der Waals surface area contributed by atoms with Gasteiger partial charge in [0.2, 0.25) is 0 Å². The largest absolute Gasteiger partial charge is 0.314 e. The van der Waals surface area contributed by atoms with Crippen LogP contribution in [-0.2, 0) is 6.42 Å². The van der Waals surface area contributed by atoms with Crippen LogP contribution in [0.15, 0.2) is 30.3 Å². The second-order valence-corrected chi connectivity index (χ2v) is 5.31. The van der Waals surface area contributed by atoms with Crippen molar-refractivity contribution in [2.24, 2.45) is 5.92 Å². The molecule has 0 aliphatic rings. The van der Waals surface area contributed by atoms with E-state index in [4.69, 9.17) is 0 Å². The fourth-order valence-electron chi connectivity index (χ4n) is 2.06. The number of hydrogen-bond donors (Lipinski definition) is 1. The van der Waals surface area contributed by atoms with E-state index in [0.717, 1.165) is 18.9 Å². The second kappa shape index (κ2) is 8.30. The Morgan fingerprint density at radius 3 is 2.35 bits per heavy atom. The standard InChI is InChI=1S/C16H27N/c1-4-12-17-16(11-10-14(2)3)13-15-8-6-5-7-9-15/h5-9,14,16-17H,4,10-13H2,1-3H3. The fraction of sp³-hybridized carbons (Fsp3) is 0.625. The van der Waals surface area contributed by atoms with Gasteiger partial charge in [-0.05, 0) is 43.7 Å². The summed E-state index contributed by atoms with van der Waals surface area (Å²) in [7, 11) is 0. The fourth-order valence-corrected chi connectivity index (χ4v) is 2.06. The summed E-state index contributed by atoms with van der Waals surface area (Å²) in [5, 5.41) is 3.67. The van der Waals surface area contributed by atoms with Crippen molar-refractivity contribution in [3.63, 3.8) is 0 Å². The molecule has 0 saturated carbocycles. The van der Waals surface area contributed by atoms with Gasteiger partial charge < -0.3 is 5.32 Å². The molecule has 0 fully saturated rings. The molecule has 0 radical (unpaired) electrons. The highest BCUT2D eigenvalue weighted by atomic mass is 14.9. The predicted molar refractivity (Wildman–Crippen MR) is 76.3 cm³/mol. The molecule has 1 atom stereocenters. The minimum atomic E-state index is 0.639. The summed E-state index contributed by atoms with van der Waals surface area (Å²) in [6.45, 7) is 7.98. The SMILES string of the molecule is CCCNC(CCC(C)C)Cc1ccccc1. The maximum Gasteiger partial charge on any atom is 0.0108 e. The molecule has 0 heterocycles. The van der Waals surface area contributed by atoms with Crippen LogP contribution < -0.4 is 5.32 Å². The molecule has 0 amide bonds. The van der Waals surface area contributed by atoms with Gasteiger partial charge in [0.05, 0.1) is 0 Å². The average molecular weight is 233 g/mol. The third-order valence-corrected chi connectivity index (χ3v) is 3.10. The van der Waals surface area contributed by atoms with Gasteiger partial charge in [0, 0.05) is 6.04 Å². The Morgan fingerprint density at radius 2 is 1.76 bits per heavy atom. The smallest absolute Gasteiger partial charge is 0.0108 e. The van der Waals surface area contributed by atoms with Gasteiger partial charge in [-0.15, -0.1) is 0 Å². The van der Waals surface area contributed by atoms with Gasteiger partial charge in [-0.3, -0.25) is 0 Å². The number of nitrogens with one attached hydrogen (secondary N) is 1. The molecule has 0 aliphatic carbocycles. The van der Waals surface area contributed by atoms with Crippen LogP contribution >= 0.6 is 0 Å². The van der Waals surface area contributed by atoms with Crippen LogP contribution in [0.1, 0.15) is 45.6 Å². The number of hydrogen-bond acceptors (Lipinski definition) is 1. The first-order chi connectivity index (χ1) is 8.22. The van der Waals surface area contributed by atoms with Crippen molar-refractivity contribution in [2.75, 3.05) is 6.54 Å². The molecule has 1 unspecified atom stereocenters. The molecular formula is C16H27N. The highest BCUT2D eigenvalue weighted by Gasteiger charge is 2.09.